The number of halogens is 3. The van der Waals surface area contributed by atoms with Gasteiger partial charge in [0.1, 0.15) is 5.82 Å². The zero-order valence-corrected chi connectivity index (χ0v) is 15.9. The first-order chi connectivity index (χ1) is 14.5. The summed E-state index contributed by atoms with van der Waals surface area (Å²) >= 11 is 0. The Morgan fingerprint density at radius 2 is 1.77 bits per heavy atom. The average molecular weight is 413 g/mol. The van der Waals surface area contributed by atoms with Crippen LogP contribution in [0.1, 0.15) is 24.6 Å². The van der Waals surface area contributed by atoms with Crippen LogP contribution in [-0.4, -0.2) is 42.7 Å². The molecule has 0 radical (unpaired) electrons. The first kappa shape index (κ1) is 18.6. The van der Waals surface area contributed by atoms with Crippen molar-refractivity contribution in [2.75, 3.05) is 18.0 Å². The summed E-state index contributed by atoms with van der Waals surface area (Å²) in [6.45, 7) is 1.30. The lowest BCUT2D eigenvalue weighted by molar-refractivity contribution is -0.141. The van der Waals surface area contributed by atoms with Crippen molar-refractivity contribution in [3.8, 4) is 11.4 Å². The van der Waals surface area contributed by atoms with E-state index in [1.165, 1.54) is 10.9 Å². The molecule has 0 bridgehead atoms. The molecule has 0 N–H and O–H groups in total. The minimum absolute atomic E-state index is 0.151. The summed E-state index contributed by atoms with van der Waals surface area (Å²) in [5.74, 6) is 1.37. The number of aromatic nitrogens is 6. The van der Waals surface area contributed by atoms with Crippen molar-refractivity contribution in [1.29, 1.82) is 0 Å². The molecule has 0 spiro atoms. The average Bonchev–Trinajstić information content (AvgIpc) is 3.41. The molecule has 1 saturated heterocycles. The van der Waals surface area contributed by atoms with E-state index in [1.54, 1.807) is 4.52 Å². The van der Waals surface area contributed by atoms with E-state index >= 15 is 0 Å². The number of fused-ring (bicyclic) bond motifs is 1. The Morgan fingerprint density at radius 1 is 0.933 bits per heavy atom. The Morgan fingerprint density at radius 3 is 2.53 bits per heavy atom. The van der Waals surface area contributed by atoms with Crippen molar-refractivity contribution in [2.24, 2.45) is 0 Å². The van der Waals surface area contributed by atoms with Crippen LogP contribution in [0, 0.1) is 0 Å². The van der Waals surface area contributed by atoms with E-state index in [9.17, 15) is 13.2 Å². The van der Waals surface area contributed by atoms with Crippen molar-refractivity contribution in [1.82, 2.24) is 29.6 Å². The van der Waals surface area contributed by atoms with Crippen LogP contribution in [0.25, 0.3) is 17.0 Å². The van der Waals surface area contributed by atoms with Crippen LogP contribution in [0.15, 0.2) is 54.7 Å². The predicted octanol–water partition coefficient (Wildman–Crippen LogP) is 3.85. The van der Waals surface area contributed by atoms with Crippen molar-refractivity contribution in [2.45, 2.75) is 25.1 Å². The smallest absolute Gasteiger partial charge is 0.353 e. The Hall–Kier alpha value is -3.43. The highest BCUT2D eigenvalue weighted by atomic mass is 19.4. The zero-order valence-electron chi connectivity index (χ0n) is 15.9. The summed E-state index contributed by atoms with van der Waals surface area (Å²) in [4.78, 5) is 2.07. The van der Waals surface area contributed by atoms with Gasteiger partial charge in [-0.25, -0.2) is 0 Å². The van der Waals surface area contributed by atoms with Gasteiger partial charge in [-0.15, -0.1) is 15.3 Å². The van der Waals surface area contributed by atoms with Crippen molar-refractivity contribution in [3.05, 3.63) is 60.4 Å². The van der Waals surface area contributed by atoms with Crippen molar-refractivity contribution >= 4 is 11.5 Å². The Labute approximate surface area is 169 Å². The highest BCUT2D eigenvalue weighted by Crippen LogP contribution is 2.30. The molecule has 1 aliphatic rings. The Balaban J connectivity index is 1.43. The van der Waals surface area contributed by atoms with Crippen molar-refractivity contribution in [3.63, 3.8) is 0 Å². The molecular formula is C20H18F3N7. The van der Waals surface area contributed by atoms with Gasteiger partial charge >= 0.3 is 6.18 Å². The molecule has 1 atom stereocenters. The van der Waals surface area contributed by atoms with E-state index < -0.39 is 11.9 Å². The number of benzene rings is 1. The molecule has 30 heavy (non-hydrogen) atoms. The lowest BCUT2D eigenvalue weighted by Crippen LogP contribution is -2.37. The van der Waals surface area contributed by atoms with Crippen LogP contribution in [0.4, 0.5) is 19.0 Å². The molecule has 4 aromatic rings. The second-order valence-corrected chi connectivity index (χ2v) is 7.27. The number of hydrogen-bond acceptors (Lipinski definition) is 5. The largest absolute Gasteiger partial charge is 0.435 e. The van der Waals surface area contributed by atoms with Gasteiger partial charge in [0.2, 0.25) is 0 Å². The van der Waals surface area contributed by atoms with Gasteiger partial charge in [0, 0.05) is 24.8 Å². The van der Waals surface area contributed by atoms with Gasteiger partial charge in [-0.3, -0.25) is 4.68 Å². The summed E-state index contributed by atoms with van der Waals surface area (Å²) < 4.78 is 41.8. The third-order valence-electron chi connectivity index (χ3n) is 5.27. The van der Waals surface area contributed by atoms with Crippen LogP contribution in [0.5, 0.6) is 0 Å². The van der Waals surface area contributed by atoms with Crippen LogP contribution in [0.2, 0.25) is 0 Å². The summed E-state index contributed by atoms with van der Waals surface area (Å²) in [7, 11) is 0. The minimum atomic E-state index is -4.44. The van der Waals surface area contributed by atoms with E-state index in [-0.39, 0.29) is 6.04 Å². The monoisotopic (exact) mass is 413 g/mol. The molecule has 0 amide bonds. The van der Waals surface area contributed by atoms with Gasteiger partial charge in [0.05, 0.1) is 6.04 Å². The molecule has 1 aromatic carbocycles. The molecule has 7 nitrogen and oxygen atoms in total. The highest BCUT2D eigenvalue weighted by Gasteiger charge is 2.34. The lowest BCUT2D eigenvalue weighted by atomic mass is 10.1. The van der Waals surface area contributed by atoms with Gasteiger partial charge in [0.25, 0.3) is 0 Å². The van der Waals surface area contributed by atoms with Gasteiger partial charge in [-0.1, -0.05) is 30.3 Å². The summed E-state index contributed by atoms with van der Waals surface area (Å²) in [6.07, 6.45) is -1.44. The zero-order chi connectivity index (χ0) is 20.7. The molecule has 3 aromatic heterocycles. The quantitative estimate of drug-likeness (QED) is 0.511. The number of rotatable bonds is 3. The molecule has 1 unspecified atom stereocenters. The maximum Gasteiger partial charge on any atom is 0.435 e. The minimum Gasteiger partial charge on any atom is -0.353 e. The van der Waals surface area contributed by atoms with E-state index in [0.717, 1.165) is 36.8 Å². The molecule has 5 rings (SSSR count). The lowest BCUT2D eigenvalue weighted by Gasteiger charge is -2.33. The first-order valence-electron chi connectivity index (χ1n) is 9.64. The first-order valence-corrected chi connectivity index (χ1v) is 9.64. The normalized spacial score (nSPS) is 17.6. The number of nitrogens with zero attached hydrogens (tertiary/aromatic N) is 7. The van der Waals surface area contributed by atoms with E-state index in [0.29, 0.717) is 18.0 Å². The number of hydrogen-bond donors (Lipinski definition) is 0. The van der Waals surface area contributed by atoms with Gasteiger partial charge < -0.3 is 4.90 Å². The third kappa shape index (κ3) is 3.38. The highest BCUT2D eigenvalue weighted by molar-refractivity contribution is 5.59. The Bertz CT molecular complexity index is 1170. The second kappa shape index (κ2) is 7.12. The maximum absolute atomic E-state index is 12.9. The standard InChI is InChI=1S/C20H18F3N7/c21-20(22,23)16-10-12-29(26-16)15-7-4-11-28(13-15)18-9-8-17-24-25-19(30(17)27-18)14-5-2-1-3-6-14/h1-3,5-6,8-10,12,15H,4,7,11,13H2. The molecule has 1 fully saturated rings. The van der Waals surface area contributed by atoms with Crippen LogP contribution < -0.4 is 4.90 Å². The van der Waals surface area contributed by atoms with E-state index in [4.69, 9.17) is 5.10 Å². The number of alkyl halides is 3. The predicted molar refractivity (Wildman–Crippen MR) is 104 cm³/mol. The second-order valence-electron chi connectivity index (χ2n) is 7.27. The Kier molecular flexibility index (Phi) is 4.41. The number of piperidine rings is 1. The maximum atomic E-state index is 12.9. The van der Waals surface area contributed by atoms with Gasteiger partial charge in [-0.05, 0) is 31.0 Å². The molecule has 0 saturated carbocycles. The molecule has 1 aliphatic heterocycles. The summed E-state index contributed by atoms with van der Waals surface area (Å²) in [5, 5.41) is 16.9. The summed E-state index contributed by atoms with van der Waals surface area (Å²) in [5.41, 5.74) is 0.673. The topological polar surface area (TPSA) is 64.1 Å². The third-order valence-corrected chi connectivity index (χ3v) is 5.27. The fourth-order valence-corrected chi connectivity index (χ4v) is 3.79. The molecule has 10 heteroatoms. The SMILES string of the molecule is FC(F)(F)c1ccn(C2CCCN(c3ccc4nnc(-c5ccccc5)n4n3)C2)n1. The van der Waals surface area contributed by atoms with Crippen LogP contribution in [0.3, 0.4) is 0 Å². The van der Waals surface area contributed by atoms with E-state index in [2.05, 4.69) is 20.2 Å². The molecular weight excluding hydrogens is 395 g/mol. The van der Waals surface area contributed by atoms with E-state index in [1.807, 2.05) is 42.5 Å². The fraction of sp³-hybridized carbons (Fsp3) is 0.300. The van der Waals surface area contributed by atoms with Gasteiger partial charge in [-0.2, -0.15) is 22.8 Å². The van der Waals surface area contributed by atoms with Crippen LogP contribution >= 0.6 is 0 Å². The summed E-state index contributed by atoms with van der Waals surface area (Å²) in [6, 6.07) is 14.2. The van der Waals surface area contributed by atoms with Crippen LogP contribution in [-0.2, 0) is 6.18 Å². The molecule has 0 aliphatic carbocycles. The molecule has 154 valence electrons. The fourth-order valence-electron chi connectivity index (χ4n) is 3.79. The number of anilines is 1. The van der Waals surface area contributed by atoms with Crippen molar-refractivity contribution < 1.29 is 13.2 Å². The molecule has 4 heterocycles. The van der Waals surface area contributed by atoms with Gasteiger partial charge in [0.15, 0.2) is 17.2 Å².